The monoisotopic (exact) mass is 385 g/mol. The van der Waals surface area contributed by atoms with Crippen molar-refractivity contribution in [3.05, 3.63) is 59.7 Å². The number of amides is 1. The van der Waals surface area contributed by atoms with Crippen LogP contribution in [0.2, 0.25) is 0 Å². The Labute approximate surface area is 157 Å². The van der Waals surface area contributed by atoms with Crippen molar-refractivity contribution >= 4 is 40.4 Å². The molecule has 2 heterocycles. The van der Waals surface area contributed by atoms with Gasteiger partial charge >= 0.3 is 0 Å². The first kappa shape index (κ1) is 17.8. The highest BCUT2D eigenvalue weighted by atomic mass is 32.2. The van der Waals surface area contributed by atoms with Crippen LogP contribution in [0.5, 0.6) is 0 Å². The molecule has 0 atom stereocenters. The van der Waals surface area contributed by atoms with Crippen LogP contribution < -0.4 is 5.32 Å². The molecule has 0 bridgehead atoms. The fraction of sp³-hybridized carbons (Fsp3) is 0.0588. The molecule has 0 saturated carbocycles. The van der Waals surface area contributed by atoms with Crippen LogP contribution in [0.15, 0.2) is 53.3 Å². The maximum atomic E-state index is 14.0. The SMILES string of the molecule is CSc1nsc(NC(=O)/C(C#N)=C\c2cccn2-c2ccccc2F)n1. The van der Waals surface area contributed by atoms with E-state index in [9.17, 15) is 14.4 Å². The predicted molar refractivity (Wildman–Crippen MR) is 99.6 cm³/mol. The number of nitrogens with zero attached hydrogens (tertiary/aromatic N) is 4. The molecule has 1 aromatic carbocycles. The van der Waals surface area contributed by atoms with Crippen molar-refractivity contribution in [3.8, 4) is 11.8 Å². The van der Waals surface area contributed by atoms with Gasteiger partial charge in [0.25, 0.3) is 5.91 Å². The molecule has 0 aliphatic heterocycles. The molecule has 2 aromatic heterocycles. The quantitative estimate of drug-likeness (QED) is 0.411. The average Bonchev–Trinajstić information content (AvgIpc) is 3.29. The number of benzene rings is 1. The van der Waals surface area contributed by atoms with Gasteiger partial charge in [-0.2, -0.15) is 14.6 Å². The average molecular weight is 385 g/mol. The van der Waals surface area contributed by atoms with Crippen molar-refractivity contribution < 1.29 is 9.18 Å². The van der Waals surface area contributed by atoms with Gasteiger partial charge in [0.05, 0.1) is 5.69 Å². The van der Waals surface area contributed by atoms with Crippen molar-refractivity contribution in [3.63, 3.8) is 0 Å². The number of nitrogens with one attached hydrogen (secondary N) is 1. The molecule has 6 nitrogen and oxygen atoms in total. The lowest BCUT2D eigenvalue weighted by molar-refractivity contribution is -0.112. The highest BCUT2D eigenvalue weighted by Gasteiger charge is 2.14. The lowest BCUT2D eigenvalue weighted by Crippen LogP contribution is -2.13. The molecule has 0 aliphatic rings. The van der Waals surface area contributed by atoms with E-state index >= 15 is 0 Å². The van der Waals surface area contributed by atoms with Gasteiger partial charge in [-0.05, 0) is 36.6 Å². The first-order chi connectivity index (χ1) is 12.6. The number of aromatic nitrogens is 3. The van der Waals surface area contributed by atoms with E-state index in [1.807, 2.05) is 12.3 Å². The van der Waals surface area contributed by atoms with Crippen LogP contribution in [-0.2, 0) is 4.79 Å². The highest BCUT2D eigenvalue weighted by molar-refractivity contribution is 7.98. The van der Waals surface area contributed by atoms with Crippen molar-refractivity contribution in [1.29, 1.82) is 5.26 Å². The molecule has 3 rings (SSSR count). The summed E-state index contributed by atoms with van der Waals surface area (Å²) in [4.78, 5) is 16.4. The smallest absolute Gasteiger partial charge is 0.268 e. The minimum absolute atomic E-state index is 0.123. The molecule has 9 heteroatoms. The number of rotatable bonds is 5. The van der Waals surface area contributed by atoms with Crippen LogP contribution in [0.3, 0.4) is 0 Å². The van der Waals surface area contributed by atoms with Gasteiger partial charge in [-0.25, -0.2) is 4.39 Å². The topological polar surface area (TPSA) is 83.6 Å². The van der Waals surface area contributed by atoms with Crippen LogP contribution in [0.25, 0.3) is 11.8 Å². The van der Waals surface area contributed by atoms with E-state index in [4.69, 9.17) is 0 Å². The molecule has 130 valence electrons. The molecule has 0 fully saturated rings. The second kappa shape index (κ2) is 7.95. The fourth-order valence-electron chi connectivity index (χ4n) is 2.18. The van der Waals surface area contributed by atoms with E-state index < -0.39 is 11.7 Å². The minimum Gasteiger partial charge on any atom is -0.314 e. The zero-order valence-corrected chi connectivity index (χ0v) is 15.1. The van der Waals surface area contributed by atoms with Crippen LogP contribution >= 0.6 is 23.3 Å². The molecule has 1 N–H and O–H groups in total. The van der Waals surface area contributed by atoms with E-state index in [1.54, 1.807) is 41.1 Å². The first-order valence-electron chi connectivity index (χ1n) is 7.35. The van der Waals surface area contributed by atoms with Crippen LogP contribution in [-0.4, -0.2) is 26.1 Å². The number of thioether (sulfide) groups is 1. The molecule has 1 amide bonds. The maximum absolute atomic E-state index is 14.0. The number of hydrogen-bond acceptors (Lipinski definition) is 6. The van der Waals surface area contributed by atoms with Gasteiger partial charge < -0.3 is 4.57 Å². The number of halogens is 1. The summed E-state index contributed by atoms with van der Waals surface area (Å²) in [6.07, 6.45) is 4.88. The van der Waals surface area contributed by atoms with Crippen molar-refractivity contribution in [2.24, 2.45) is 0 Å². The fourth-order valence-corrected chi connectivity index (χ4v) is 3.30. The Balaban J connectivity index is 1.88. The van der Waals surface area contributed by atoms with Gasteiger partial charge in [-0.3, -0.25) is 10.1 Å². The predicted octanol–water partition coefficient (Wildman–Crippen LogP) is 3.74. The Morgan fingerprint density at radius 2 is 2.19 bits per heavy atom. The number of para-hydroxylation sites is 1. The molecular weight excluding hydrogens is 373 g/mol. The third-order valence-electron chi connectivity index (χ3n) is 3.36. The second-order valence-electron chi connectivity index (χ2n) is 4.96. The van der Waals surface area contributed by atoms with E-state index in [2.05, 4.69) is 14.7 Å². The maximum Gasteiger partial charge on any atom is 0.268 e. The molecule has 3 aromatic rings. The van der Waals surface area contributed by atoms with Gasteiger partial charge in [0, 0.05) is 23.4 Å². The summed E-state index contributed by atoms with van der Waals surface area (Å²) in [6.45, 7) is 0. The molecule has 0 aliphatic carbocycles. The largest absolute Gasteiger partial charge is 0.314 e. The number of carbonyl (C=O) groups excluding carboxylic acids is 1. The van der Waals surface area contributed by atoms with Gasteiger partial charge in [-0.15, -0.1) is 0 Å². The summed E-state index contributed by atoms with van der Waals surface area (Å²) in [6, 6.07) is 11.5. The normalized spacial score (nSPS) is 11.2. The molecule has 0 spiro atoms. The number of hydrogen-bond donors (Lipinski definition) is 1. The van der Waals surface area contributed by atoms with Crippen LogP contribution in [0.4, 0.5) is 9.52 Å². The molecule has 0 radical (unpaired) electrons. The van der Waals surface area contributed by atoms with Crippen molar-refractivity contribution in [2.75, 3.05) is 11.6 Å². The third-order valence-corrected chi connectivity index (χ3v) is 4.65. The Kier molecular flexibility index (Phi) is 5.46. The van der Waals surface area contributed by atoms with Crippen molar-refractivity contribution in [2.45, 2.75) is 5.16 Å². The lowest BCUT2D eigenvalue weighted by atomic mass is 10.2. The van der Waals surface area contributed by atoms with Crippen LogP contribution in [0.1, 0.15) is 5.69 Å². The Morgan fingerprint density at radius 3 is 2.88 bits per heavy atom. The Bertz CT molecular complexity index is 1020. The summed E-state index contributed by atoms with van der Waals surface area (Å²) in [5.74, 6) is -1.00. The number of nitriles is 1. The molecule has 26 heavy (non-hydrogen) atoms. The van der Waals surface area contributed by atoms with Crippen LogP contribution in [0, 0.1) is 17.1 Å². The third kappa shape index (κ3) is 3.82. The summed E-state index contributed by atoms with van der Waals surface area (Å²) in [5, 5.41) is 12.7. The Hall–Kier alpha value is -2.96. The summed E-state index contributed by atoms with van der Waals surface area (Å²) in [5.41, 5.74) is 0.709. The summed E-state index contributed by atoms with van der Waals surface area (Å²) in [7, 11) is 0. The number of anilines is 1. The Morgan fingerprint density at radius 1 is 1.38 bits per heavy atom. The molecule has 0 saturated heterocycles. The van der Waals surface area contributed by atoms with E-state index in [0.29, 0.717) is 21.7 Å². The molecule has 0 unspecified atom stereocenters. The molecular formula is C17H12FN5OS2. The highest BCUT2D eigenvalue weighted by Crippen LogP contribution is 2.20. The van der Waals surface area contributed by atoms with E-state index in [-0.39, 0.29) is 5.57 Å². The lowest BCUT2D eigenvalue weighted by Gasteiger charge is -2.08. The summed E-state index contributed by atoms with van der Waals surface area (Å²) >= 11 is 2.39. The zero-order chi connectivity index (χ0) is 18.5. The van der Waals surface area contributed by atoms with E-state index in [1.165, 1.54) is 23.9 Å². The standard InChI is InChI=1S/C17H12FN5OS2/c1-25-17-21-16(26-22-17)20-15(24)11(10-19)9-12-5-4-8-23(12)14-7-3-2-6-13(14)18/h2-9H,1H3,(H,20,21,22,24)/b11-9-. The van der Waals surface area contributed by atoms with Gasteiger partial charge in [-0.1, -0.05) is 23.9 Å². The zero-order valence-electron chi connectivity index (χ0n) is 13.5. The van der Waals surface area contributed by atoms with E-state index in [0.717, 1.165) is 11.5 Å². The van der Waals surface area contributed by atoms with Crippen molar-refractivity contribution in [1.82, 2.24) is 13.9 Å². The van der Waals surface area contributed by atoms with Gasteiger partial charge in [0.2, 0.25) is 10.3 Å². The minimum atomic E-state index is -0.599. The second-order valence-corrected chi connectivity index (χ2v) is 6.49. The number of carbonyl (C=O) groups is 1. The van der Waals surface area contributed by atoms with Gasteiger partial charge in [0.1, 0.15) is 17.5 Å². The summed E-state index contributed by atoms with van der Waals surface area (Å²) < 4.78 is 19.6. The van der Waals surface area contributed by atoms with Gasteiger partial charge in [0.15, 0.2) is 0 Å². The first-order valence-corrected chi connectivity index (χ1v) is 9.35.